The first-order chi connectivity index (χ1) is 17.0. The molecule has 0 aliphatic carbocycles. The number of benzene rings is 4. The second-order valence-corrected chi connectivity index (χ2v) is 15.2. The first-order valence-electron chi connectivity index (χ1n) is 11.7. The van der Waals surface area contributed by atoms with Crippen molar-refractivity contribution in [2.24, 2.45) is 0 Å². The fourth-order valence-electron chi connectivity index (χ4n) is 5.01. The molecule has 4 rings (SSSR count). The van der Waals surface area contributed by atoms with Crippen molar-refractivity contribution in [1.29, 1.82) is 0 Å². The summed E-state index contributed by atoms with van der Waals surface area (Å²) in [6, 6.07) is 31.1. The summed E-state index contributed by atoms with van der Waals surface area (Å²) in [6.07, 6.45) is 0.240. The summed E-state index contributed by atoms with van der Waals surface area (Å²) in [7, 11) is -3.42. The number of methoxy groups -OCH3 is 1. The molecule has 0 saturated carbocycles. The van der Waals surface area contributed by atoms with E-state index in [1.165, 1.54) is 0 Å². The molecule has 4 aromatic carbocycles. The van der Waals surface area contributed by atoms with Gasteiger partial charge in [-0.2, -0.15) is 0 Å². The fraction of sp³-hybridized carbons (Fsp3) is 0.172. The normalized spacial score (nSPS) is 13.1. The molecule has 0 aliphatic heterocycles. The van der Waals surface area contributed by atoms with Gasteiger partial charge in [0.1, 0.15) is 0 Å². The van der Waals surface area contributed by atoms with Gasteiger partial charge in [0.25, 0.3) is 0 Å². The number of hydrogen-bond donors (Lipinski definition) is 2. The van der Waals surface area contributed by atoms with Gasteiger partial charge >= 0.3 is 213 Å². The molecular formula is C29H32O5P2. The fourth-order valence-corrected chi connectivity index (χ4v) is 13.2. The van der Waals surface area contributed by atoms with Gasteiger partial charge in [0.05, 0.1) is 0 Å². The Hall–Kier alpha value is -2.78. The SMILES string of the molecule is COc1cccc(CP(OP(=O)(O)O)(c2cccc(C)c2)(c2cccc(C)c2)c2cccc(C)c2)c1. The Kier molecular flexibility index (Phi) is 7.26. The monoisotopic (exact) mass is 522 g/mol. The Morgan fingerprint density at radius 3 is 1.53 bits per heavy atom. The summed E-state index contributed by atoms with van der Waals surface area (Å²) in [5, 5.41) is 2.26. The van der Waals surface area contributed by atoms with Crippen LogP contribution in [0.15, 0.2) is 97.1 Å². The van der Waals surface area contributed by atoms with E-state index in [4.69, 9.17) is 9.05 Å². The van der Waals surface area contributed by atoms with Gasteiger partial charge in [0, 0.05) is 0 Å². The summed E-state index contributed by atoms with van der Waals surface area (Å²) in [6.45, 7) is 1.60. The Morgan fingerprint density at radius 1 is 0.694 bits per heavy atom. The maximum absolute atomic E-state index is 13.0. The van der Waals surface area contributed by atoms with E-state index in [0.717, 1.165) is 38.2 Å². The van der Waals surface area contributed by atoms with Gasteiger partial charge in [-0.15, -0.1) is 0 Å². The zero-order chi connectivity index (χ0) is 26.0. The maximum atomic E-state index is 13.0. The Labute approximate surface area is 213 Å². The van der Waals surface area contributed by atoms with E-state index in [-0.39, 0.29) is 6.16 Å². The topological polar surface area (TPSA) is 76.0 Å². The van der Waals surface area contributed by atoms with Gasteiger partial charge in [-0.25, -0.2) is 0 Å². The zero-order valence-electron chi connectivity index (χ0n) is 21.0. The molecule has 0 unspecified atom stereocenters. The van der Waals surface area contributed by atoms with Crippen LogP contribution in [-0.2, 0) is 15.0 Å². The molecule has 36 heavy (non-hydrogen) atoms. The van der Waals surface area contributed by atoms with Gasteiger partial charge in [-0.1, -0.05) is 0 Å². The molecule has 0 bridgehead atoms. The molecule has 2 N–H and O–H groups in total. The van der Waals surface area contributed by atoms with Crippen LogP contribution in [0.1, 0.15) is 22.3 Å². The van der Waals surface area contributed by atoms with E-state index in [0.29, 0.717) is 5.75 Å². The van der Waals surface area contributed by atoms with Crippen molar-refractivity contribution in [3.05, 3.63) is 119 Å². The zero-order valence-corrected chi connectivity index (χ0v) is 22.7. The van der Waals surface area contributed by atoms with Crippen LogP contribution in [0.3, 0.4) is 0 Å². The molecular weight excluding hydrogens is 490 g/mol. The predicted octanol–water partition coefficient (Wildman–Crippen LogP) is 5.67. The van der Waals surface area contributed by atoms with E-state index in [1.54, 1.807) is 7.11 Å². The van der Waals surface area contributed by atoms with E-state index in [1.807, 2.05) is 118 Å². The van der Waals surface area contributed by atoms with Crippen LogP contribution < -0.4 is 20.7 Å². The Morgan fingerprint density at radius 2 is 1.14 bits per heavy atom. The summed E-state index contributed by atoms with van der Waals surface area (Å²) in [5.41, 5.74) is 3.77. The standard InChI is InChI=1S/C29H32O5P2/c1-22-9-5-14-27(17-22)36(34-35(30,31)32,28-15-6-10-23(2)18-28,29-16-7-11-24(3)19-29)21-25-12-8-13-26(20-25)33-4/h5-20H,21H2,1-4H3,(H2,30,31,32). The average molecular weight is 523 g/mol. The van der Waals surface area contributed by atoms with Crippen LogP contribution in [0.25, 0.3) is 0 Å². The van der Waals surface area contributed by atoms with Gasteiger partial charge in [0.2, 0.25) is 0 Å². The van der Waals surface area contributed by atoms with Crippen molar-refractivity contribution in [2.45, 2.75) is 26.9 Å². The molecule has 5 nitrogen and oxygen atoms in total. The van der Waals surface area contributed by atoms with Gasteiger partial charge in [-0.05, 0) is 0 Å². The number of hydrogen-bond acceptors (Lipinski definition) is 3. The summed E-state index contributed by atoms with van der Waals surface area (Å²) < 4.78 is 24.9. The molecule has 4 aromatic rings. The summed E-state index contributed by atoms with van der Waals surface area (Å²) in [4.78, 5) is 21.2. The minimum atomic E-state index is -5.02. The van der Waals surface area contributed by atoms with Crippen molar-refractivity contribution in [1.82, 2.24) is 0 Å². The second-order valence-electron chi connectivity index (χ2n) is 9.31. The third-order valence-electron chi connectivity index (χ3n) is 6.55. The van der Waals surface area contributed by atoms with E-state index >= 15 is 0 Å². The first kappa shape index (κ1) is 26.3. The van der Waals surface area contributed by atoms with E-state index < -0.39 is 14.7 Å². The molecule has 0 saturated heterocycles. The second kappa shape index (κ2) is 9.94. The van der Waals surface area contributed by atoms with Crippen molar-refractivity contribution >= 4 is 30.6 Å². The molecule has 7 heteroatoms. The van der Waals surface area contributed by atoms with Gasteiger partial charge in [0.15, 0.2) is 0 Å². The van der Waals surface area contributed by atoms with Crippen LogP contribution in [-0.4, -0.2) is 16.9 Å². The first-order valence-corrected chi connectivity index (χ1v) is 15.6. The number of aryl methyl sites for hydroxylation is 3. The van der Waals surface area contributed by atoms with Crippen LogP contribution in [0.2, 0.25) is 0 Å². The molecule has 0 radical (unpaired) electrons. The van der Waals surface area contributed by atoms with Crippen LogP contribution in [0.4, 0.5) is 0 Å². The van der Waals surface area contributed by atoms with E-state index in [2.05, 4.69) is 0 Å². The minimum absolute atomic E-state index is 0.240. The Bertz CT molecular complexity index is 1330. The average Bonchev–Trinajstić information content (AvgIpc) is 2.83. The van der Waals surface area contributed by atoms with Crippen molar-refractivity contribution in [2.75, 3.05) is 7.11 Å². The molecule has 0 atom stereocenters. The summed E-state index contributed by atoms with van der Waals surface area (Å²) in [5.74, 6) is 0.665. The third-order valence-corrected chi connectivity index (χ3v) is 13.9. The van der Waals surface area contributed by atoms with Crippen molar-refractivity contribution < 1.29 is 23.4 Å². The van der Waals surface area contributed by atoms with Gasteiger partial charge in [-0.3, -0.25) is 0 Å². The van der Waals surface area contributed by atoms with E-state index in [9.17, 15) is 14.4 Å². The van der Waals surface area contributed by atoms with Crippen molar-refractivity contribution in [3.8, 4) is 5.75 Å². The molecule has 0 aromatic heterocycles. The molecule has 0 heterocycles. The predicted molar refractivity (Wildman–Crippen MR) is 149 cm³/mol. The molecule has 0 fully saturated rings. The van der Waals surface area contributed by atoms with Crippen molar-refractivity contribution in [3.63, 3.8) is 0 Å². The Balaban J connectivity index is 2.27. The third kappa shape index (κ3) is 4.91. The van der Waals surface area contributed by atoms with Crippen LogP contribution in [0.5, 0.6) is 5.75 Å². The number of ether oxygens (including phenoxy) is 1. The molecule has 0 spiro atoms. The van der Waals surface area contributed by atoms with Crippen LogP contribution >= 0.6 is 14.7 Å². The number of rotatable bonds is 8. The molecule has 188 valence electrons. The van der Waals surface area contributed by atoms with Crippen LogP contribution in [0, 0.1) is 20.8 Å². The van der Waals surface area contributed by atoms with Gasteiger partial charge < -0.3 is 0 Å². The summed E-state index contributed by atoms with van der Waals surface area (Å²) >= 11 is 0. The number of phosphoric acid groups is 1. The quantitative estimate of drug-likeness (QED) is 0.292. The molecule has 0 aliphatic rings. The molecule has 0 amide bonds.